The molecule has 0 aromatic carbocycles. The summed E-state index contributed by atoms with van der Waals surface area (Å²) in [6, 6.07) is -0.289. The van der Waals surface area contributed by atoms with Gasteiger partial charge in [0.25, 0.3) is 0 Å². The van der Waals surface area contributed by atoms with Crippen LogP contribution in [0.5, 0.6) is 0 Å². The van der Waals surface area contributed by atoms with Gasteiger partial charge in [-0.15, -0.1) is 10.2 Å². The maximum absolute atomic E-state index is 11.5. The molecular weight excluding hydrogens is 244 g/mol. The number of primary amides is 1. The Bertz CT molecular complexity index is 368. The lowest BCUT2D eigenvalue weighted by atomic mass is 10.3. The van der Waals surface area contributed by atoms with Crippen LogP contribution in [-0.4, -0.2) is 43.9 Å². The molecule has 0 fully saturated rings. The molecule has 0 aliphatic rings. The van der Waals surface area contributed by atoms with Crippen LogP contribution >= 0.6 is 11.8 Å². The number of nitrogens with zero attached hydrogens (tertiary/aromatic N) is 3. The Balaban J connectivity index is 2.19. The van der Waals surface area contributed by atoms with Crippen LogP contribution in [0.4, 0.5) is 0 Å². The molecule has 0 saturated heterocycles. The summed E-state index contributed by atoms with van der Waals surface area (Å²) in [7, 11) is 0. The average Bonchev–Trinajstić information content (AvgIpc) is 2.77. The number of amides is 2. The number of aromatic nitrogens is 4. The van der Waals surface area contributed by atoms with Gasteiger partial charge in [-0.2, -0.15) is 17.0 Å². The Morgan fingerprint density at radius 2 is 2.35 bits per heavy atom. The van der Waals surface area contributed by atoms with E-state index in [1.807, 2.05) is 0 Å². The summed E-state index contributed by atoms with van der Waals surface area (Å²) in [5, 5.41) is 16.0. The van der Waals surface area contributed by atoms with Crippen LogP contribution < -0.4 is 11.1 Å². The minimum atomic E-state index is -0.379. The second-order valence-electron chi connectivity index (χ2n) is 3.33. The lowest BCUT2D eigenvalue weighted by molar-refractivity contribution is -0.121. The van der Waals surface area contributed by atoms with Crippen LogP contribution in [-0.2, 0) is 9.59 Å². The highest BCUT2D eigenvalue weighted by Crippen LogP contribution is 2.05. The molecule has 8 nitrogen and oxygen atoms in total. The molecular formula is C8H14N6O2S. The second kappa shape index (κ2) is 6.84. The van der Waals surface area contributed by atoms with Crippen LogP contribution in [0.2, 0.25) is 0 Å². The number of hydrogen-bond acceptors (Lipinski definition) is 6. The molecule has 1 aromatic heterocycles. The van der Waals surface area contributed by atoms with Crippen molar-refractivity contribution in [2.45, 2.75) is 19.4 Å². The van der Waals surface area contributed by atoms with Crippen molar-refractivity contribution < 1.29 is 9.59 Å². The van der Waals surface area contributed by atoms with Gasteiger partial charge < -0.3 is 11.1 Å². The number of carbonyl (C=O) groups excluding carboxylic acids is 2. The zero-order valence-corrected chi connectivity index (χ0v) is 10.2. The van der Waals surface area contributed by atoms with Crippen molar-refractivity contribution in [1.29, 1.82) is 0 Å². The number of hydrogen-bond donors (Lipinski definition) is 3. The molecule has 1 atom stereocenters. The molecule has 0 aliphatic carbocycles. The van der Waals surface area contributed by atoms with Gasteiger partial charge in [-0.25, -0.2) is 0 Å². The number of tetrazole rings is 1. The van der Waals surface area contributed by atoms with E-state index in [1.165, 1.54) is 11.8 Å². The summed E-state index contributed by atoms with van der Waals surface area (Å²) < 4.78 is 0. The minimum absolute atomic E-state index is 0.126. The Morgan fingerprint density at radius 1 is 1.59 bits per heavy atom. The monoisotopic (exact) mass is 258 g/mol. The standard InChI is InChI=1S/C8H14N6O2S/c1-5(8-11-13-14-12-8)10-7(16)2-3-17-4-6(9)15/h5H,2-4H2,1H3,(H2,9,15)(H,10,16)(H,11,12,13,14). The molecule has 0 aliphatic heterocycles. The molecule has 4 N–H and O–H groups in total. The van der Waals surface area contributed by atoms with Gasteiger partial charge in [0.2, 0.25) is 11.8 Å². The van der Waals surface area contributed by atoms with E-state index in [1.54, 1.807) is 6.92 Å². The van der Waals surface area contributed by atoms with Crippen LogP contribution in [0, 0.1) is 0 Å². The molecule has 9 heteroatoms. The minimum Gasteiger partial charge on any atom is -0.369 e. The number of aromatic amines is 1. The van der Waals surface area contributed by atoms with Gasteiger partial charge in [-0.3, -0.25) is 9.59 Å². The third-order valence-electron chi connectivity index (χ3n) is 1.84. The Kier molecular flexibility index (Phi) is 5.40. The first-order chi connectivity index (χ1) is 8.09. The molecule has 0 radical (unpaired) electrons. The molecule has 94 valence electrons. The molecule has 17 heavy (non-hydrogen) atoms. The van der Waals surface area contributed by atoms with E-state index in [9.17, 15) is 9.59 Å². The fourth-order valence-electron chi connectivity index (χ4n) is 1.07. The average molecular weight is 258 g/mol. The third kappa shape index (κ3) is 5.29. The molecule has 0 bridgehead atoms. The first-order valence-electron chi connectivity index (χ1n) is 4.98. The predicted octanol–water partition coefficient (Wildman–Crippen LogP) is -1.01. The van der Waals surface area contributed by atoms with Crippen LogP contribution in [0.25, 0.3) is 0 Å². The van der Waals surface area contributed by atoms with E-state index >= 15 is 0 Å². The first-order valence-corrected chi connectivity index (χ1v) is 6.14. The van der Waals surface area contributed by atoms with Crippen molar-refractivity contribution in [1.82, 2.24) is 25.9 Å². The molecule has 1 aromatic rings. The Hall–Kier alpha value is -1.64. The van der Waals surface area contributed by atoms with E-state index in [4.69, 9.17) is 5.73 Å². The van der Waals surface area contributed by atoms with E-state index in [-0.39, 0.29) is 23.6 Å². The van der Waals surface area contributed by atoms with E-state index in [0.29, 0.717) is 18.0 Å². The van der Waals surface area contributed by atoms with Gasteiger partial charge in [0, 0.05) is 12.2 Å². The zero-order chi connectivity index (χ0) is 12.7. The van der Waals surface area contributed by atoms with Gasteiger partial charge in [-0.05, 0) is 6.92 Å². The van der Waals surface area contributed by atoms with Gasteiger partial charge in [-0.1, -0.05) is 5.21 Å². The van der Waals surface area contributed by atoms with E-state index in [2.05, 4.69) is 25.9 Å². The SMILES string of the molecule is CC(NC(=O)CCSCC(N)=O)c1nn[nH]n1. The lowest BCUT2D eigenvalue weighted by Crippen LogP contribution is -2.27. The van der Waals surface area contributed by atoms with Crippen molar-refractivity contribution in [2.24, 2.45) is 5.73 Å². The van der Waals surface area contributed by atoms with Gasteiger partial charge in [0.1, 0.15) is 0 Å². The summed E-state index contributed by atoms with van der Waals surface area (Å²) in [4.78, 5) is 21.9. The molecule has 1 rings (SSSR count). The first kappa shape index (κ1) is 13.4. The zero-order valence-electron chi connectivity index (χ0n) is 9.34. The molecule has 2 amide bonds. The van der Waals surface area contributed by atoms with Gasteiger partial charge in [0.05, 0.1) is 11.8 Å². The summed E-state index contributed by atoms with van der Waals surface area (Å²) in [5.74, 6) is 0.708. The quantitative estimate of drug-likeness (QED) is 0.537. The fourth-order valence-corrected chi connectivity index (χ4v) is 1.74. The van der Waals surface area contributed by atoms with Crippen molar-refractivity contribution >= 4 is 23.6 Å². The van der Waals surface area contributed by atoms with Crippen molar-refractivity contribution in [3.8, 4) is 0 Å². The number of thioether (sulfide) groups is 1. The normalized spacial score (nSPS) is 12.1. The van der Waals surface area contributed by atoms with Crippen molar-refractivity contribution in [2.75, 3.05) is 11.5 Å². The van der Waals surface area contributed by atoms with Crippen LogP contribution in [0.15, 0.2) is 0 Å². The highest BCUT2D eigenvalue weighted by molar-refractivity contribution is 7.99. The van der Waals surface area contributed by atoms with Gasteiger partial charge in [0.15, 0.2) is 5.82 Å². The summed E-state index contributed by atoms with van der Waals surface area (Å²) in [6.07, 6.45) is 0.320. The number of rotatable bonds is 7. The topological polar surface area (TPSA) is 127 Å². The predicted molar refractivity (Wildman–Crippen MR) is 61.9 cm³/mol. The van der Waals surface area contributed by atoms with Crippen LogP contribution in [0.1, 0.15) is 25.2 Å². The summed E-state index contributed by atoms with van der Waals surface area (Å²) in [6.45, 7) is 1.76. The molecule has 0 saturated carbocycles. The van der Waals surface area contributed by atoms with Crippen LogP contribution in [0.3, 0.4) is 0 Å². The maximum Gasteiger partial charge on any atom is 0.227 e. The van der Waals surface area contributed by atoms with Crippen molar-refractivity contribution in [3.05, 3.63) is 5.82 Å². The van der Waals surface area contributed by atoms with Gasteiger partial charge >= 0.3 is 0 Å². The smallest absolute Gasteiger partial charge is 0.227 e. The number of nitrogens with one attached hydrogen (secondary N) is 2. The number of carbonyl (C=O) groups is 2. The van der Waals surface area contributed by atoms with E-state index < -0.39 is 0 Å². The lowest BCUT2D eigenvalue weighted by Gasteiger charge is -2.09. The Labute approximate surface area is 102 Å². The largest absolute Gasteiger partial charge is 0.369 e. The highest BCUT2D eigenvalue weighted by Gasteiger charge is 2.12. The van der Waals surface area contributed by atoms with Crippen molar-refractivity contribution in [3.63, 3.8) is 0 Å². The molecule has 1 heterocycles. The Morgan fingerprint density at radius 3 is 2.94 bits per heavy atom. The highest BCUT2D eigenvalue weighted by atomic mass is 32.2. The third-order valence-corrected chi connectivity index (χ3v) is 2.83. The maximum atomic E-state index is 11.5. The molecule has 0 spiro atoms. The van der Waals surface area contributed by atoms with E-state index in [0.717, 1.165) is 0 Å². The fraction of sp³-hybridized carbons (Fsp3) is 0.625. The second-order valence-corrected chi connectivity index (χ2v) is 4.43. The summed E-state index contributed by atoms with van der Waals surface area (Å²) >= 11 is 1.33. The molecule has 1 unspecified atom stereocenters. The summed E-state index contributed by atoms with van der Waals surface area (Å²) in [5.41, 5.74) is 4.97. The number of nitrogens with two attached hydrogens (primary N) is 1. The number of H-pyrrole nitrogens is 1.